The van der Waals surface area contributed by atoms with Crippen LogP contribution in [0.2, 0.25) is 5.02 Å². The number of esters is 2. The van der Waals surface area contributed by atoms with E-state index < -0.39 is 24.0 Å². The lowest BCUT2D eigenvalue weighted by atomic mass is 10.0. The molecule has 1 atom stereocenters. The molecule has 1 aromatic carbocycles. The monoisotopic (exact) mass is 406 g/mol. The smallest absolute Gasteiger partial charge is 0.338 e. The standard InChI is InChI=1S/C19H19ClN2O6/c1-3-26-18(24)16-10(2)21-19(25)22-14(16)9-28-17(23)12-6-11-7-13(20)4-5-15(11)27-8-12/h4-7,10H,3,8-9H2,1-2H3,(H2,21,22,25). The molecular formula is C19H19ClN2O6. The van der Waals surface area contributed by atoms with Crippen LogP contribution in [0.15, 0.2) is 35.0 Å². The minimum Gasteiger partial charge on any atom is -0.488 e. The lowest BCUT2D eigenvalue weighted by molar-refractivity contribution is -0.141. The molecule has 148 valence electrons. The van der Waals surface area contributed by atoms with Crippen LogP contribution in [0.5, 0.6) is 5.75 Å². The van der Waals surface area contributed by atoms with Crippen LogP contribution in [-0.2, 0) is 19.1 Å². The number of urea groups is 1. The normalized spacial score (nSPS) is 18.2. The third-order valence-corrected chi connectivity index (χ3v) is 4.40. The highest BCUT2D eigenvalue weighted by molar-refractivity contribution is 6.30. The molecule has 8 nitrogen and oxygen atoms in total. The molecule has 9 heteroatoms. The number of carbonyl (C=O) groups is 3. The number of rotatable bonds is 5. The van der Waals surface area contributed by atoms with Crippen molar-refractivity contribution in [2.24, 2.45) is 0 Å². The molecule has 0 spiro atoms. The number of fused-ring (bicyclic) bond motifs is 1. The number of hydrogen-bond acceptors (Lipinski definition) is 6. The molecule has 0 aliphatic carbocycles. The van der Waals surface area contributed by atoms with Crippen molar-refractivity contribution in [3.8, 4) is 5.75 Å². The lowest BCUT2D eigenvalue weighted by Crippen LogP contribution is -2.50. The van der Waals surface area contributed by atoms with Gasteiger partial charge < -0.3 is 24.8 Å². The molecule has 1 aromatic rings. The average molecular weight is 407 g/mol. The molecule has 0 bridgehead atoms. The zero-order chi connectivity index (χ0) is 20.3. The van der Waals surface area contributed by atoms with Crippen LogP contribution in [0.1, 0.15) is 19.4 Å². The molecule has 3 rings (SSSR count). The molecule has 2 heterocycles. The Morgan fingerprint density at radius 3 is 2.82 bits per heavy atom. The first-order valence-corrected chi connectivity index (χ1v) is 9.04. The minimum absolute atomic E-state index is 0.0432. The van der Waals surface area contributed by atoms with E-state index in [0.717, 1.165) is 0 Å². The van der Waals surface area contributed by atoms with Crippen LogP contribution in [0.25, 0.3) is 6.08 Å². The number of hydrogen-bond donors (Lipinski definition) is 2. The van der Waals surface area contributed by atoms with Crippen LogP contribution in [-0.4, -0.2) is 43.8 Å². The number of amides is 2. The first kappa shape index (κ1) is 19.8. The summed E-state index contributed by atoms with van der Waals surface area (Å²) in [6.07, 6.45) is 1.64. The summed E-state index contributed by atoms with van der Waals surface area (Å²) in [4.78, 5) is 36.3. The zero-order valence-corrected chi connectivity index (χ0v) is 16.1. The van der Waals surface area contributed by atoms with Gasteiger partial charge in [0, 0.05) is 10.6 Å². The van der Waals surface area contributed by atoms with Crippen LogP contribution in [0.4, 0.5) is 4.79 Å². The minimum atomic E-state index is -0.623. The van der Waals surface area contributed by atoms with E-state index in [1.807, 2.05) is 0 Å². The Morgan fingerprint density at radius 2 is 2.07 bits per heavy atom. The van der Waals surface area contributed by atoms with Crippen molar-refractivity contribution in [3.05, 3.63) is 45.6 Å². The van der Waals surface area contributed by atoms with Gasteiger partial charge in [0.25, 0.3) is 0 Å². The molecule has 2 amide bonds. The second kappa shape index (κ2) is 8.35. The van der Waals surface area contributed by atoms with Gasteiger partial charge >= 0.3 is 18.0 Å². The second-order valence-electron chi connectivity index (χ2n) is 6.15. The van der Waals surface area contributed by atoms with E-state index in [9.17, 15) is 14.4 Å². The van der Waals surface area contributed by atoms with Gasteiger partial charge in [-0.05, 0) is 38.1 Å². The predicted octanol–water partition coefficient (Wildman–Crippen LogP) is 2.18. The number of benzene rings is 1. The zero-order valence-electron chi connectivity index (χ0n) is 15.3. The molecule has 0 aromatic heterocycles. The van der Waals surface area contributed by atoms with E-state index in [-0.39, 0.29) is 31.1 Å². The van der Waals surface area contributed by atoms with E-state index in [2.05, 4.69) is 10.6 Å². The van der Waals surface area contributed by atoms with E-state index in [1.54, 1.807) is 38.1 Å². The Hall–Kier alpha value is -3.00. The topological polar surface area (TPSA) is 103 Å². The fourth-order valence-electron chi connectivity index (χ4n) is 2.89. The molecule has 1 unspecified atom stereocenters. The first-order chi connectivity index (χ1) is 13.4. The first-order valence-electron chi connectivity index (χ1n) is 8.66. The van der Waals surface area contributed by atoms with Crippen molar-refractivity contribution in [2.75, 3.05) is 19.8 Å². The number of nitrogens with one attached hydrogen (secondary N) is 2. The van der Waals surface area contributed by atoms with Gasteiger partial charge in [-0.3, -0.25) is 0 Å². The highest BCUT2D eigenvalue weighted by Crippen LogP contribution is 2.29. The average Bonchev–Trinajstić information content (AvgIpc) is 2.65. The maximum Gasteiger partial charge on any atom is 0.338 e. The maximum atomic E-state index is 12.4. The summed E-state index contributed by atoms with van der Waals surface area (Å²) in [5, 5.41) is 5.59. The molecule has 2 aliphatic rings. The summed E-state index contributed by atoms with van der Waals surface area (Å²) in [6.45, 7) is 3.26. The van der Waals surface area contributed by atoms with Gasteiger partial charge in [-0.15, -0.1) is 0 Å². The van der Waals surface area contributed by atoms with Crippen molar-refractivity contribution >= 4 is 35.6 Å². The summed E-state index contributed by atoms with van der Waals surface area (Å²) < 4.78 is 15.8. The van der Waals surface area contributed by atoms with Crippen molar-refractivity contribution in [2.45, 2.75) is 19.9 Å². The van der Waals surface area contributed by atoms with E-state index in [0.29, 0.717) is 21.9 Å². The molecule has 2 N–H and O–H groups in total. The Bertz CT molecular complexity index is 892. The number of halogens is 1. The summed E-state index contributed by atoms with van der Waals surface area (Å²) in [6, 6.07) is 4.03. The summed E-state index contributed by atoms with van der Waals surface area (Å²) in [5.41, 5.74) is 1.35. The van der Waals surface area contributed by atoms with Gasteiger partial charge in [-0.2, -0.15) is 0 Å². The summed E-state index contributed by atoms with van der Waals surface area (Å²) >= 11 is 5.97. The third kappa shape index (κ3) is 4.28. The lowest BCUT2D eigenvalue weighted by Gasteiger charge is -2.26. The SMILES string of the molecule is CCOC(=O)C1=C(COC(=O)C2=Cc3cc(Cl)ccc3OC2)NC(=O)NC1C. The second-order valence-corrected chi connectivity index (χ2v) is 6.59. The summed E-state index contributed by atoms with van der Waals surface area (Å²) in [7, 11) is 0. The molecule has 2 aliphatic heterocycles. The maximum absolute atomic E-state index is 12.4. The molecule has 0 radical (unpaired) electrons. The van der Waals surface area contributed by atoms with Crippen LogP contribution in [0.3, 0.4) is 0 Å². The van der Waals surface area contributed by atoms with E-state index in [4.69, 9.17) is 25.8 Å². The van der Waals surface area contributed by atoms with Crippen LogP contribution in [0, 0.1) is 0 Å². The third-order valence-electron chi connectivity index (χ3n) is 4.16. The fourth-order valence-corrected chi connectivity index (χ4v) is 3.07. The van der Waals surface area contributed by atoms with Crippen molar-refractivity contribution < 1.29 is 28.6 Å². The van der Waals surface area contributed by atoms with Crippen molar-refractivity contribution in [3.63, 3.8) is 0 Å². The summed E-state index contributed by atoms with van der Waals surface area (Å²) in [5.74, 6) is -0.591. The Morgan fingerprint density at radius 1 is 1.29 bits per heavy atom. The highest BCUT2D eigenvalue weighted by Gasteiger charge is 2.30. The highest BCUT2D eigenvalue weighted by atomic mass is 35.5. The molecule has 28 heavy (non-hydrogen) atoms. The molecule has 0 saturated carbocycles. The van der Waals surface area contributed by atoms with Gasteiger partial charge in [-0.1, -0.05) is 11.6 Å². The molecular weight excluding hydrogens is 388 g/mol. The van der Waals surface area contributed by atoms with Crippen molar-refractivity contribution in [1.82, 2.24) is 10.6 Å². The van der Waals surface area contributed by atoms with Crippen LogP contribution >= 0.6 is 11.6 Å². The quantitative estimate of drug-likeness (QED) is 0.726. The predicted molar refractivity (Wildman–Crippen MR) is 101 cm³/mol. The van der Waals surface area contributed by atoms with Gasteiger partial charge in [-0.25, -0.2) is 14.4 Å². The number of carbonyl (C=O) groups excluding carboxylic acids is 3. The van der Waals surface area contributed by atoms with Gasteiger partial charge in [0.1, 0.15) is 19.0 Å². The largest absolute Gasteiger partial charge is 0.488 e. The van der Waals surface area contributed by atoms with Crippen LogP contribution < -0.4 is 15.4 Å². The van der Waals surface area contributed by atoms with Gasteiger partial charge in [0.15, 0.2) is 0 Å². The van der Waals surface area contributed by atoms with Gasteiger partial charge in [0.2, 0.25) is 0 Å². The Labute approximate surface area is 166 Å². The Kier molecular flexibility index (Phi) is 5.89. The fraction of sp³-hybridized carbons (Fsp3) is 0.316. The van der Waals surface area contributed by atoms with Crippen molar-refractivity contribution in [1.29, 1.82) is 0 Å². The molecule has 0 saturated heterocycles. The van der Waals surface area contributed by atoms with E-state index >= 15 is 0 Å². The van der Waals surface area contributed by atoms with E-state index in [1.165, 1.54) is 0 Å². The van der Waals surface area contributed by atoms with Gasteiger partial charge in [0.05, 0.1) is 29.5 Å². The number of ether oxygens (including phenoxy) is 3. The molecule has 0 fully saturated rings. The Balaban J connectivity index is 1.76.